The summed E-state index contributed by atoms with van der Waals surface area (Å²) >= 11 is 0. The number of hydrogen-bond acceptors (Lipinski definition) is 2. The SMILES string of the molecule is C[C@H]1Cc2cccc(C(=O)c3ccccc3F)c2N1. The van der Waals surface area contributed by atoms with E-state index >= 15 is 0 Å². The highest BCUT2D eigenvalue weighted by atomic mass is 19.1. The maximum atomic E-state index is 13.7. The quantitative estimate of drug-likeness (QED) is 0.833. The zero-order valence-electron chi connectivity index (χ0n) is 10.6. The number of benzene rings is 2. The van der Waals surface area contributed by atoms with Gasteiger partial charge in [-0.3, -0.25) is 4.79 Å². The fraction of sp³-hybridized carbons (Fsp3) is 0.188. The third kappa shape index (κ3) is 2.01. The number of rotatable bonds is 2. The lowest BCUT2D eigenvalue weighted by atomic mass is 9.99. The Morgan fingerprint density at radius 2 is 1.89 bits per heavy atom. The van der Waals surface area contributed by atoms with Crippen LogP contribution in [0.5, 0.6) is 0 Å². The summed E-state index contributed by atoms with van der Waals surface area (Å²) in [5.74, 6) is -0.743. The van der Waals surface area contributed by atoms with Gasteiger partial charge in [-0.15, -0.1) is 0 Å². The van der Waals surface area contributed by atoms with Crippen molar-refractivity contribution in [2.24, 2.45) is 0 Å². The molecule has 1 aliphatic heterocycles. The first-order chi connectivity index (χ1) is 9.16. The molecule has 0 radical (unpaired) electrons. The predicted octanol–water partition coefficient (Wildman–Crippen LogP) is 3.41. The summed E-state index contributed by atoms with van der Waals surface area (Å²) < 4.78 is 13.7. The summed E-state index contributed by atoms with van der Waals surface area (Å²) in [5, 5.41) is 3.29. The molecule has 0 fully saturated rings. The summed E-state index contributed by atoms with van der Waals surface area (Å²) in [6.07, 6.45) is 0.897. The Hall–Kier alpha value is -2.16. The molecule has 96 valence electrons. The van der Waals surface area contributed by atoms with E-state index in [4.69, 9.17) is 0 Å². The Morgan fingerprint density at radius 1 is 1.16 bits per heavy atom. The largest absolute Gasteiger partial charge is 0.381 e. The van der Waals surface area contributed by atoms with E-state index in [1.165, 1.54) is 12.1 Å². The number of ketones is 1. The van der Waals surface area contributed by atoms with Gasteiger partial charge in [0.05, 0.1) is 5.56 Å². The van der Waals surface area contributed by atoms with Crippen molar-refractivity contribution in [2.75, 3.05) is 5.32 Å². The van der Waals surface area contributed by atoms with Gasteiger partial charge in [-0.2, -0.15) is 0 Å². The van der Waals surface area contributed by atoms with Crippen LogP contribution in [0.3, 0.4) is 0 Å². The fourth-order valence-electron chi connectivity index (χ4n) is 2.55. The minimum atomic E-state index is -0.476. The van der Waals surface area contributed by atoms with Crippen molar-refractivity contribution in [1.82, 2.24) is 0 Å². The second kappa shape index (κ2) is 4.50. The Balaban J connectivity index is 2.07. The standard InChI is InChI=1S/C16H14FNO/c1-10-9-11-5-4-7-13(15(11)18-10)16(19)12-6-2-3-8-14(12)17/h2-8,10,18H,9H2,1H3/t10-/m0/s1. The average molecular weight is 255 g/mol. The predicted molar refractivity (Wildman–Crippen MR) is 73.1 cm³/mol. The van der Waals surface area contributed by atoms with Crippen LogP contribution >= 0.6 is 0 Å². The molecular formula is C16H14FNO. The zero-order chi connectivity index (χ0) is 13.4. The number of halogens is 1. The minimum Gasteiger partial charge on any atom is -0.381 e. The lowest BCUT2D eigenvalue weighted by molar-refractivity contribution is 0.103. The first kappa shape index (κ1) is 11.9. The van der Waals surface area contributed by atoms with Crippen molar-refractivity contribution in [2.45, 2.75) is 19.4 Å². The molecular weight excluding hydrogens is 241 g/mol. The van der Waals surface area contributed by atoms with Gasteiger partial charge in [0.1, 0.15) is 5.82 Å². The summed E-state index contributed by atoms with van der Waals surface area (Å²) in [6.45, 7) is 2.07. The van der Waals surface area contributed by atoms with E-state index in [1.807, 2.05) is 12.1 Å². The summed E-state index contributed by atoms with van der Waals surface area (Å²) in [6, 6.07) is 12.0. The zero-order valence-corrected chi connectivity index (χ0v) is 10.6. The molecule has 0 unspecified atom stereocenters. The van der Waals surface area contributed by atoms with Crippen LogP contribution in [0.25, 0.3) is 0 Å². The van der Waals surface area contributed by atoms with Crippen molar-refractivity contribution in [3.63, 3.8) is 0 Å². The number of carbonyl (C=O) groups excluding carboxylic acids is 1. The second-order valence-electron chi connectivity index (χ2n) is 4.90. The van der Waals surface area contributed by atoms with Gasteiger partial charge in [-0.25, -0.2) is 4.39 Å². The molecule has 0 aromatic heterocycles. The molecule has 2 aromatic carbocycles. The molecule has 3 rings (SSSR count). The summed E-state index contributed by atoms with van der Waals surface area (Å²) in [7, 11) is 0. The molecule has 0 spiro atoms. The van der Waals surface area contributed by atoms with Gasteiger partial charge in [0.25, 0.3) is 0 Å². The third-order valence-electron chi connectivity index (χ3n) is 3.43. The van der Waals surface area contributed by atoms with Gasteiger partial charge in [0.2, 0.25) is 0 Å². The first-order valence-corrected chi connectivity index (χ1v) is 6.34. The van der Waals surface area contributed by atoms with Crippen LogP contribution in [0.1, 0.15) is 28.4 Å². The molecule has 3 heteroatoms. The summed E-state index contributed by atoms with van der Waals surface area (Å²) in [5.41, 5.74) is 2.64. The number of carbonyl (C=O) groups is 1. The van der Waals surface area contributed by atoms with Crippen LogP contribution in [0.15, 0.2) is 42.5 Å². The normalized spacial score (nSPS) is 16.8. The summed E-state index contributed by atoms with van der Waals surface area (Å²) in [4.78, 5) is 12.5. The van der Waals surface area contributed by atoms with Crippen molar-refractivity contribution in [1.29, 1.82) is 0 Å². The number of anilines is 1. The first-order valence-electron chi connectivity index (χ1n) is 6.34. The third-order valence-corrected chi connectivity index (χ3v) is 3.43. The fourth-order valence-corrected chi connectivity index (χ4v) is 2.55. The number of hydrogen-bond donors (Lipinski definition) is 1. The Bertz CT molecular complexity index is 651. The lowest BCUT2D eigenvalue weighted by Gasteiger charge is -2.09. The van der Waals surface area contributed by atoms with Gasteiger partial charge in [0, 0.05) is 17.3 Å². The van der Waals surface area contributed by atoms with Gasteiger partial charge >= 0.3 is 0 Å². The molecule has 19 heavy (non-hydrogen) atoms. The highest BCUT2D eigenvalue weighted by Crippen LogP contribution is 2.31. The Kier molecular flexibility index (Phi) is 2.82. The second-order valence-corrected chi connectivity index (χ2v) is 4.90. The Morgan fingerprint density at radius 3 is 2.68 bits per heavy atom. The average Bonchev–Trinajstić information content (AvgIpc) is 2.78. The van der Waals surface area contributed by atoms with E-state index in [9.17, 15) is 9.18 Å². The molecule has 2 aromatic rings. The van der Waals surface area contributed by atoms with Crippen LogP contribution in [0.2, 0.25) is 0 Å². The lowest BCUT2D eigenvalue weighted by Crippen LogP contribution is -2.11. The van der Waals surface area contributed by atoms with E-state index < -0.39 is 5.82 Å². The van der Waals surface area contributed by atoms with E-state index in [0.29, 0.717) is 11.6 Å². The molecule has 1 aliphatic rings. The van der Waals surface area contributed by atoms with Crippen LogP contribution in [0.4, 0.5) is 10.1 Å². The molecule has 0 aliphatic carbocycles. The topological polar surface area (TPSA) is 29.1 Å². The molecule has 0 saturated heterocycles. The van der Waals surface area contributed by atoms with Gasteiger partial charge < -0.3 is 5.32 Å². The highest BCUT2D eigenvalue weighted by molar-refractivity contribution is 6.13. The molecule has 0 amide bonds. The maximum Gasteiger partial charge on any atom is 0.198 e. The maximum absolute atomic E-state index is 13.7. The van der Waals surface area contributed by atoms with E-state index in [0.717, 1.165) is 17.7 Å². The number of nitrogens with one attached hydrogen (secondary N) is 1. The van der Waals surface area contributed by atoms with Crippen LogP contribution in [-0.2, 0) is 6.42 Å². The highest BCUT2D eigenvalue weighted by Gasteiger charge is 2.24. The van der Waals surface area contributed by atoms with E-state index in [-0.39, 0.29) is 11.3 Å². The number of fused-ring (bicyclic) bond motifs is 1. The molecule has 1 atom stereocenters. The van der Waals surface area contributed by atoms with Crippen molar-refractivity contribution in [3.8, 4) is 0 Å². The smallest absolute Gasteiger partial charge is 0.198 e. The molecule has 1 N–H and O–H groups in total. The van der Waals surface area contributed by atoms with Crippen LogP contribution < -0.4 is 5.32 Å². The molecule has 0 bridgehead atoms. The molecule has 2 nitrogen and oxygen atoms in total. The van der Waals surface area contributed by atoms with Crippen molar-refractivity contribution >= 4 is 11.5 Å². The van der Waals surface area contributed by atoms with E-state index in [2.05, 4.69) is 12.2 Å². The molecule has 1 heterocycles. The Labute approximate surface area is 111 Å². The monoisotopic (exact) mass is 255 g/mol. The van der Waals surface area contributed by atoms with Gasteiger partial charge in [-0.1, -0.05) is 24.3 Å². The minimum absolute atomic E-state index is 0.122. The number of para-hydroxylation sites is 1. The van der Waals surface area contributed by atoms with Gasteiger partial charge in [-0.05, 0) is 37.1 Å². The van der Waals surface area contributed by atoms with Crippen molar-refractivity contribution < 1.29 is 9.18 Å². The van der Waals surface area contributed by atoms with Crippen LogP contribution in [-0.4, -0.2) is 11.8 Å². The van der Waals surface area contributed by atoms with Crippen LogP contribution in [0, 0.1) is 5.82 Å². The molecule has 0 saturated carbocycles. The van der Waals surface area contributed by atoms with E-state index in [1.54, 1.807) is 18.2 Å². The van der Waals surface area contributed by atoms with Crippen molar-refractivity contribution in [3.05, 3.63) is 65.0 Å². The van der Waals surface area contributed by atoms with Gasteiger partial charge in [0.15, 0.2) is 5.78 Å².